The third-order valence-corrected chi connectivity index (χ3v) is 2.61. The summed E-state index contributed by atoms with van der Waals surface area (Å²) in [6, 6.07) is 3.79. The molecular formula is C12H8F3NO3. The van der Waals surface area contributed by atoms with E-state index in [1.807, 2.05) is 0 Å². The molecule has 0 fully saturated rings. The van der Waals surface area contributed by atoms with Crippen LogP contribution in [-0.4, -0.2) is 18.1 Å². The van der Waals surface area contributed by atoms with Gasteiger partial charge in [0, 0.05) is 17.1 Å². The lowest BCUT2D eigenvalue weighted by Gasteiger charge is -2.07. The molecule has 1 aromatic heterocycles. The summed E-state index contributed by atoms with van der Waals surface area (Å²) in [6.07, 6.45) is -4.13. The maximum absolute atomic E-state index is 12.6. The number of hydrogen-bond donors (Lipinski definition) is 1. The number of rotatable bonds is 1. The van der Waals surface area contributed by atoms with Gasteiger partial charge in [-0.15, -0.1) is 0 Å². The van der Waals surface area contributed by atoms with Gasteiger partial charge in [-0.1, -0.05) is 0 Å². The second-order valence-electron chi connectivity index (χ2n) is 3.78. The summed E-state index contributed by atoms with van der Waals surface area (Å²) in [7, 11) is 1.14. The second kappa shape index (κ2) is 4.42. The minimum Gasteiger partial charge on any atom is -0.465 e. The Morgan fingerprint density at radius 1 is 1.32 bits per heavy atom. The minimum atomic E-state index is -4.75. The van der Waals surface area contributed by atoms with Gasteiger partial charge in [0.05, 0.1) is 12.7 Å². The van der Waals surface area contributed by atoms with E-state index in [9.17, 15) is 22.8 Å². The molecule has 0 saturated heterocycles. The van der Waals surface area contributed by atoms with Crippen molar-refractivity contribution in [3.05, 3.63) is 45.7 Å². The van der Waals surface area contributed by atoms with Crippen molar-refractivity contribution < 1.29 is 22.7 Å². The molecule has 1 heterocycles. The topological polar surface area (TPSA) is 59.2 Å². The number of esters is 1. The number of methoxy groups -OCH3 is 1. The maximum Gasteiger partial charge on any atom is 0.421 e. The number of carbonyl (C=O) groups is 1. The van der Waals surface area contributed by atoms with Crippen molar-refractivity contribution in [2.24, 2.45) is 0 Å². The zero-order valence-corrected chi connectivity index (χ0v) is 9.67. The van der Waals surface area contributed by atoms with Gasteiger partial charge < -0.3 is 9.72 Å². The number of aromatic nitrogens is 1. The van der Waals surface area contributed by atoms with E-state index in [2.05, 4.69) is 9.72 Å². The van der Waals surface area contributed by atoms with Crippen LogP contribution in [0.4, 0.5) is 13.2 Å². The van der Waals surface area contributed by atoms with E-state index in [1.165, 1.54) is 12.1 Å². The number of pyridine rings is 1. The Bertz CT molecular complexity index is 703. The van der Waals surface area contributed by atoms with Crippen molar-refractivity contribution in [2.75, 3.05) is 7.11 Å². The van der Waals surface area contributed by atoms with Crippen LogP contribution in [0.3, 0.4) is 0 Å². The number of fused-ring (bicyclic) bond motifs is 1. The normalized spacial score (nSPS) is 11.6. The van der Waals surface area contributed by atoms with Gasteiger partial charge in [0.1, 0.15) is 5.56 Å². The van der Waals surface area contributed by atoms with Crippen LogP contribution < -0.4 is 5.43 Å². The quantitative estimate of drug-likeness (QED) is 0.810. The minimum absolute atomic E-state index is 0.0137. The van der Waals surface area contributed by atoms with Gasteiger partial charge in [0.15, 0.2) is 0 Å². The summed E-state index contributed by atoms with van der Waals surface area (Å²) < 4.78 is 42.2. The van der Waals surface area contributed by atoms with Crippen molar-refractivity contribution in [2.45, 2.75) is 6.18 Å². The molecule has 4 nitrogen and oxygen atoms in total. The van der Waals surface area contributed by atoms with Crippen LogP contribution in [0.2, 0.25) is 0 Å². The number of hydrogen-bond acceptors (Lipinski definition) is 3. The second-order valence-corrected chi connectivity index (χ2v) is 3.78. The zero-order valence-electron chi connectivity index (χ0n) is 9.67. The predicted molar refractivity (Wildman–Crippen MR) is 60.9 cm³/mol. The van der Waals surface area contributed by atoms with Crippen LogP contribution in [-0.2, 0) is 10.9 Å². The highest BCUT2D eigenvalue weighted by molar-refractivity contribution is 5.94. The predicted octanol–water partition coefficient (Wildman–Crippen LogP) is 2.33. The van der Waals surface area contributed by atoms with E-state index < -0.39 is 23.1 Å². The number of aromatic amines is 1. The van der Waals surface area contributed by atoms with Crippen molar-refractivity contribution >= 4 is 16.9 Å². The van der Waals surface area contributed by atoms with Crippen molar-refractivity contribution in [1.82, 2.24) is 4.98 Å². The first kappa shape index (κ1) is 13.1. The van der Waals surface area contributed by atoms with Crippen molar-refractivity contribution in [1.29, 1.82) is 0 Å². The fourth-order valence-corrected chi connectivity index (χ4v) is 1.67. The fraction of sp³-hybridized carbons (Fsp3) is 0.167. The molecule has 0 amide bonds. The van der Waals surface area contributed by atoms with E-state index in [1.54, 1.807) is 0 Å². The van der Waals surface area contributed by atoms with Gasteiger partial charge in [0.2, 0.25) is 5.43 Å². The zero-order chi connectivity index (χ0) is 14.2. The summed E-state index contributed by atoms with van der Waals surface area (Å²) in [5, 5.41) is -0.210. The molecule has 0 radical (unpaired) electrons. The van der Waals surface area contributed by atoms with Gasteiger partial charge in [-0.3, -0.25) is 4.79 Å². The van der Waals surface area contributed by atoms with Crippen LogP contribution in [0.15, 0.2) is 29.2 Å². The summed E-state index contributed by atoms with van der Waals surface area (Å²) in [6.45, 7) is 0. The molecule has 1 aromatic carbocycles. The molecule has 1 N–H and O–H groups in total. The molecule has 0 aliphatic heterocycles. The molecule has 2 rings (SSSR count). The van der Waals surface area contributed by atoms with Crippen LogP contribution in [0, 0.1) is 0 Å². The van der Waals surface area contributed by atoms with E-state index in [4.69, 9.17) is 0 Å². The van der Waals surface area contributed by atoms with Crippen molar-refractivity contribution in [3.8, 4) is 0 Å². The van der Waals surface area contributed by atoms with Gasteiger partial charge in [0.25, 0.3) is 0 Å². The SMILES string of the molecule is COC(=O)c1ccc2[nH]cc(C(F)(F)F)c(=O)c2c1. The summed E-state index contributed by atoms with van der Waals surface area (Å²) >= 11 is 0. The number of alkyl halides is 3. The smallest absolute Gasteiger partial charge is 0.421 e. The summed E-state index contributed by atoms with van der Waals surface area (Å²) in [5.74, 6) is -0.723. The molecule has 0 spiro atoms. The first-order valence-corrected chi connectivity index (χ1v) is 5.15. The largest absolute Gasteiger partial charge is 0.465 e. The highest BCUT2D eigenvalue weighted by Crippen LogP contribution is 2.27. The number of carbonyl (C=O) groups excluding carboxylic acids is 1. The van der Waals surface area contributed by atoms with E-state index in [0.717, 1.165) is 13.2 Å². The molecule has 0 aliphatic carbocycles. The first-order chi connectivity index (χ1) is 8.84. The number of halogens is 3. The Hall–Kier alpha value is -2.31. The molecule has 0 atom stereocenters. The lowest BCUT2D eigenvalue weighted by molar-refractivity contribution is -0.138. The monoisotopic (exact) mass is 271 g/mol. The fourth-order valence-electron chi connectivity index (χ4n) is 1.67. The Labute approximate surface area is 104 Å². The van der Waals surface area contributed by atoms with Crippen LogP contribution in [0.25, 0.3) is 10.9 Å². The lowest BCUT2D eigenvalue weighted by Crippen LogP contribution is -2.20. The maximum atomic E-state index is 12.6. The van der Waals surface area contributed by atoms with Crippen LogP contribution in [0.5, 0.6) is 0 Å². The number of H-pyrrole nitrogens is 1. The van der Waals surface area contributed by atoms with E-state index >= 15 is 0 Å². The molecule has 7 heteroatoms. The number of ether oxygens (including phenoxy) is 1. The molecule has 19 heavy (non-hydrogen) atoms. The third kappa shape index (κ3) is 2.31. The van der Waals surface area contributed by atoms with Gasteiger partial charge in [-0.25, -0.2) is 4.79 Å². The molecule has 2 aromatic rings. The summed E-state index contributed by atoms with van der Waals surface area (Å²) in [5.41, 5.74) is -2.25. The molecule has 100 valence electrons. The third-order valence-electron chi connectivity index (χ3n) is 2.61. The first-order valence-electron chi connectivity index (χ1n) is 5.15. The average Bonchev–Trinajstić information content (AvgIpc) is 2.36. The Morgan fingerprint density at radius 3 is 2.58 bits per heavy atom. The standard InChI is InChI=1S/C12H8F3NO3/c1-19-11(18)6-2-3-9-7(4-6)10(17)8(5-16-9)12(13,14)15/h2-5H,1H3,(H,16,17). The molecule has 0 aliphatic rings. The van der Waals surface area contributed by atoms with Gasteiger partial charge in [-0.05, 0) is 18.2 Å². The Balaban J connectivity index is 2.73. The summed E-state index contributed by atoms with van der Waals surface area (Å²) in [4.78, 5) is 25.4. The molecule has 0 bridgehead atoms. The molecular weight excluding hydrogens is 263 g/mol. The van der Waals surface area contributed by atoms with Crippen molar-refractivity contribution in [3.63, 3.8) is 0 Å². The van der Waals surface area contributed by atoms with Gasteiger partial charge >= 0.3 is 12.1 Å². The Kier molecular flexibility index (Phi) is 3.05. The van der Waals surface area contributed by atoms with Crippen LogP contribution >= 0.6 is 0 Å². The van der Waals surface area contributed by atoms with E-state index in [0.29, 0.717) is 6.20 Å². The lowest BCUT2D eigenvalue weighted by atomic mass is 10.1. The van der Waals surface area contributed by atoms with Crippen LogP contribution in [0.1, 0.15) is 15.9 Å². The number of nitrogens with one attached hydrogen (secondary N) is 1. The van der Waals surface area contributed by atoms with Gasteiger partial charge in [-0.2, -0.15) is 13.2 Å². The molecule has 0 unspecified atom stereocenters. The van der Waals surface area contributed by atoms with E-state index in [-0.39, 0.29) is 16.5 Å². The number of benzene rings is 1. The molecule has 0 saturated carbocycles. The average molecular weight is 271 g/mol. The highest BCUT2D eigenvalue weighted by Gasteiger charge is 2.34. The Morgan fingerprint density at radius 2 is 2.00 bits per heavy atom. The highest BCUT2D eigenvalue weighted by atomic mass is 19.4.